The van der Waals surface area contributed by atoms with E-state index in [4.69, 9.17) is 16.6 Å². The number of carboxylic acids is 1. The molecule has 0 saturated heterocycles. The van der Waals surface area contributed by atoms with E-state index in [0.29, 0.717) is 0 Å². The van der Waals surface area contributed by atoms with Crippen LogP contribution in [0.3, 0.4) is 0 Å². The van der Waals surface area contributed by atoms with Crippen molar-refractivity contribution >= 4 is 11.7 Å². The molecule has 5 heteroatoms. The topological polar surface area (TPSA) is 89.3 Å². The van der Waals surface area contributed by atoms with Crippen LogP contribution in [-0.4, -0.2) is 11.1 Å². The van der Waals surface area contributed by atoms with E-state index in [1.54, 1.807) is 0 Å². The van der Waals surface area contributed by atoms with Crippen LogP contribution in [0.4, 0.5) is 10.1 Å². The van der Waals surface area contributed by atoms with Crippen LogP contribution in [0.15, 0.2) is 18.2 Å². The van der Waals surface area contributed by atoms with Gasteiger partial charge in [-0.05, 0) is 18.2 Å². The molecule has 0 spiro atoms. The summed E-state index contributed by atoms with van der Waals surface area (Å²) in [5.74, 6) is -1.79. The van der Waals surface area contributed by atoms with E-state index >= 15 is 0 Å². The molecule has 0 aliphatic rings. The van der Waals surface area contributed by atoms with Crippen molar-refractivity contribution < 1.29 is 14.3 Å². The Labute approximate surface area is 74.0 Å². The molecule has 1 aromatic carbocycles. The Kier molecular flexibility index (Phi) is 2.48. The van der Waals surface area contributed by atoms with Gasteiger partial charge < -0.3 is 16.6 Å². The molecule has 4 nitrogen and oxygen atoms in total. The van der Waals surface area contributed by atoms with E-state index in [-0.39, 0.29) is 11.3 Å². The normalized spacial score (nSPS) is 12.5. The van der Waals surface area contributed by atoms with Gasteiger partial charge in [-0.25, -0.2) is 4.39 Å². The van der Waals surface area contributed by atoms with Crippen LogP contribution in [0, 0.1) is 5.82 Å². The average Bonchev–Trinajstić information content (AvgIpc) is 2.08. The van der Waals surface area contributed by atoms with Gasteiger partial charge in [0.2, 0.25) is 0 Å². The molecule has 0 aliphatic heterocycles. The summed E-state index contributed by atoms with van der Waals surface area (Å²) in [5.41, 5.74) is 10.9. The van der Waals surface area contributed by atoms with Crippen molar-refractivity contribution in [2.75, 3.05) is 5.73 Å². The number of halogens is 1. The van der Waals surface area contributed by atoms with Crippen LogP contribution in [0.2, 0.25) is 0 Å². The molecule has 0 fully saturated rings. The van der Waals surface area contributed by atoms with Gasteiger partial charge in [0.1, 0.15) is 11.9 Å². The summed E-state index contributed by atoms with van der Waals surface area (Å²) in [6.45, 7) is 0. The molecule has 5 N–H and O–H groups in total. The summed E-state index contributed by atoms with van der Waals surface area (Å²) in [6, 6.07) is 2.17. The molecule has 0 amide bonds. The summed E-state index contributed by atoms with van der Waals surface area (Å²) in [6.07, 6.45) is 0. The monoisotopic (exact) mass is 184 g/mol. The van der Waals surface area contributed by atoms with Gasteiger partial charge in [0.25, 0.3) is 0 Å². The van der Waals surface area contributed by atoms with Gasteiger partial charge in [-0.1, -0.05) is 0 Å². The van der Waals surface area contributed by atoms with E-state index in [1.807, 2.05) is 0 Å². The van der Waals surface area contributed by atoms with Crippen molar-refractivity contribution in [2.24, 2.45) is 5.73 Å². The van der Waals surface area contributed by atoms with E-state index in [2.05, 4.69) is 0 Å². The third-order valence-corrected chi connectivity index (χ3v) is 1.65. The second-order valence-corrected chi connectivity index (χ2v) is 2.59. The number of benzene rings is 1. The fraction of sp³-hybridized carbons (Fsp3) is 0.125. The summed E-state index contributed by atoms with van der Waals surface area (Å²) >= 11 is 0. The minimum absolute atomic E-state index is 0.0903. The lowest BCUT2D eigenvalue weighted by Crippen LogP contribution is -2.21. The third-order valence-electron chi connectivity index (χ3n) is 1.65. The number of hydrogen-bond donors (Lipinski definition) is 3. The summed E-state index contributed by atoms with van der Waals surface area (Å²) in [7, 11) is 0. The smallest absolute Gasteiger partial charge is 0.325 e. The second kappa shape index (κ2) is 3.40. The molecule has 0 heterocycles. The lowest BCUT2D eigenvalue weighted by molar-refractivity contribution is -0.138. The zero-order chi connectivity index (χ0) is 10.0. The molecule has 13 heavy (non-hydrogen) atoms. The quantitative estimate of drug-likeness (QED) is 0.583. The first kappa shape index (κ1) is 9.47. The number of nitrogen functional groups attached to an aromatic ring is 1. The molecule has 1 aromatic rings. The third kappa shape index (κ3) is 1.94. The van der Waals surface area contributed by atoms with Crippen LogP contribution in [0.5, 0.6) is 0 Å². The van der Waals surface area contributed by atoms with Crippen molar-refractivity contribution in [3.8, 4) is 0 Å². The van der Waals surface area contributed by atoms with Crippen LogP contribution < -0.4 is 11.5 Å². The number of nitrogens with two attached hydrogens (primary N) is 2. The van der Waals surface area contributed by atoms with E-state index < -0.39 is 17.8 Å². The number of rotatable bonds is 2. The van der Waals surface area contributed by atoms with Crippen molar-refractivity contribution in [1.29, 1.82) is 0 Å². The maximum absolute atomic E-state index is 12.7. The number of carbonyl (C=O) groups is 1. The molecule has 0 radical (unpaired) electrons. The van der Waals surface area contributed by atoms with Crippen LogP contribution >= 0.6 is 0 Å². The standard InChI is InChI=1S/C8H9FN2O2/c9-4-1-2-6(10)5(3-4)7(11)8(12)13/h1-3,7H,10-11H2,(H,12,13)/t7-/m0/s1. The Hall–Kier alpha value is -1.62. The Morgan fingerprint density at radius 1 is 1.54 bits per heavy atom. The van der Waals surface area contributed by atoms with Gasteiger partial charge in [-0.2, -0.15) is 0 Å². The molecular formula is C8H9FN2O2. The molecule has 0 aromatic heterocycles. The molecule has 0 aliphatic carbocycles. The van der Waals surface area contributed by atoms with Crippen LogP contribution in [0.1, 0.15) is 11.6 Å². The summed E-state index contributed by atoms with van der Waals surface area (Å²) in [4.78, 5) is 10.5. The Balaban J connectivity index is 3.12. The van der Waals surface area contributed by atoms with Crippen molar-refractivity contribution in [1.82, 2.24) is 0 Å². The molecule has 0 saturated carbocycles. The molecule has 70 valence electrons. The number of aliphatic carboxylic acids is 1. The number of anilines is 1. The molecule has 0 bridgehead atoms. The summed E-state index contributed by atoms with van der Waals surface area (Å²) < 4.78 is 12.7. The number of hydrogen-bond acceptors (Lipinski definition) is 3. The lowest BCUT2D eigenvalue weighted by Gasteiger charge is -2.09. The largest absolute Gasteiger partial charge is 0.480 e. The van der Waals surface area contributed by atoms with Crippen LogP contribution in [-0.2, 0) is 4.79 Å². The van der Waals surface area contributed by atoms with E-state index in [0.717, 1.165) is 12.1 Å². The fourth-order valence-electron chi connectivity index (χ4n) is 0.948. The van der Waals surface area contributed by atoms with Crippen molar-refractivity contribution in [3.63, 3.8) is 0 Å². The highest BCUT2D eigenvalue weighted by atomic mass is 19.1. The first-order valence-corrected chi connectivity index (χ1v) is 3.55. The lowest BCUT2D eigenvalue weighted by atomic mass is 10.1. The van der Waals surface area contributed by atoms with Gasteiger partial charge in [-0.3, -0.25) is 4.79 Å². The highest BCUT2D eigenvalue weighted by Gasteiger charge is 2.17. The van der Waals surface area contributed by atoms with Gasteiger partial charge in [0, 0.05) is 11.3 Å². The van der Waals surface area contributed by atoms with Gasteiger partial charge in [-0.15, -0.1) is 0 Å². The maximum atomic E-state index is 12.7. The van der Waals surface area contributed by atoms with E-state index in [9.17, 15) is 9.18 Å². The predicted molar refractivity (Wildman–Crippen MR) is 45.4 cm³/mol. The Morgan fingerprint density at radius 3 is 2.69 bits per heavy atom. The minimum atomic E-state index is -1.28. The van der Waals surface area contributed by atoms with Crippen molar-refractivity contribution in [3.05, 3.63) is 29.6 Å². The Morgan fingerprint density at radius 2 is 2.15 bits per heavy atom. The van der Waals surface area contributed by atoms with Crippen LogP contribution in [0.25, 0.3) is 0 Å². The van der Waals surface area contributed by atoms with Gasteiger partial charge in [0.15, 0.2) is 0 Å². The number of carboxylic acid groups (broad SMARTS) is 1. The summed E-state index contributed by atoms with van der Waals surface area (Å²) in [5, 5.41) is 8.55. The zero-order valence-electron chi connectivity index (χ0n) is 6.70. The second-order valence-electron chi connectivity index (χ2n) is 2.59. The first-order chi connectivity index (χ1) is 6.02. The van der Waals surface area contributed by atoms with Crippen molar-refractivity contribution in [2.45, 2.75) is 6.04 Å². The SMILES string of the molecule is Nc1ccc(F)cc1[C@H](N)C(=O)O. The highest BCUT2D eigenvalue weighted by Crippen LogP contribution is 2.19. The van der Waals surface area contributed by atoms with E-state index in [1.165, 1.54) is 6.07 Å². The van der Waals surface area contributed by atoms with Gasteiger partial charge >= 0.3 is 5.97 Å². The molecule has 0 unspecified atom stereocenters. The fourth-order valence-corrected chi connectivity index (χ4v) is 0.948. The molecule has 1 rings (SSSR count). The highest BCUT2D eigenvalue weighted by molar-refractivity contribution is 5.77. The van der Waals surface area contributed by atoms with Gasteiger partial charge in [0.05, 0.1) is 0 Å². The molecule has 1 atom stereocenters. The predicted octanol–water partition coefficient (Wildman–Crippen LogP) is 0.492. The Bertz CT molecular complexity index is 341. The minimum Gasteiger partial charge on any atom is -0.480 e. The average molecular weight is 184 g/mol. The first-order valence-electron chi connectivity index (χ1n) is 3.55. The maximum Gasteiger partial charge on any atom is 0.325 e. The molecular weight excluding hydrogens is 175 g/mol. The zero-order valence-corrected chi connectivity index (χ0v) is 6.70.